The summed E-state index contributed by atoms with van der Waals surface area (Å²) in [5, 5.41) is 2.74. The molecule has 0 N–H and O–H groups in total. The lowest BCUT2D eigenvalue weighted by Crippen LogP contribution is -2.28. The maximum atomic E-state index is 2.48. The van der Waals surface area contributed by atoms with Crippen LogP contribution in [0.3, 0.4) is 0 Å². The molecule has 1 atom stereocenters. The Bertz CT molecular complexity index is 1420. The van der Waals surface area contributed by atoms with Gasteiger partial charge in [-0.15, -0.1) is 0 Å². The van der Waals surface area contributed by atoms with Crippen LogP contribution in [0, 0.1) is 5.92 Å². The first kappa shape index (κ1) is 22.5. The topological polar surface area (TPSA) is 6.48 Å². The highest BCUT2D eigenvalue weighted by molar-refractivity contribution is 7.99. The quantitative estimate of drug-likeness (QED) is 0.266. The summed E-state index contributed by atoms with van der Waals surface area (Å²) in [4.78, 5) is 7.41. The molecule has 0 spiro atoms. The highest BCUT2D eigenvalue weighted by Crippen LogP contribution is 2.53. The number of allylic oxidation sites excluding steroid dienone is 1. The van der Waals surface area contributed by atoms with Gasteiger partial charge in [0.15, 0.2) is 0 Å². The van der Waals surface area contributed by atoms with Gasteiger partial charge in [-0.2, -0.15) is 0 Å². The summed E-state index contributed by atoms with van der Waals surface area (Å²) in [7, 11) is 6.53. The van der Waals surface area contributed by atoms with E-state index in [1.807, 2.05) is 11.8 Å². The van der Waals surface area contributed by atoms with Crippen molar-refractivity contribution in [1.29, 1.82) is 0 Å². The van der Waals surface area contributed by atoms with Crippen LogP contribution in [0.15, 0.2) is 88.7 Å². The monoisotopic (exact) mass is 476 g/mol. The highest BCUT2D eigenvalue weighted by Gasteiger charge is 2.33. The maximum absolute atomic E-state index is 2.48. The van der Waals surface area contributed by atoms with Crippen LogP contribution >= 0.6 is 11.8 Å². The van der Waals surface area contributed by atoms with Crippen LogP contribution in [0.5, 0.6) is 0 Å². The molecule has 2 aliphatic rings. The van der Waals surface area contributed by atoms with Crippen LogP contribution in [0.4, 0.5) is 5.69 Å². The molecular formula is C32H32N2S. The third-order valence-electron chi connectivity index (χ3n) is 7.49. The van der Waals surface area contributed by atoms with E-state index < -0.39 is 0 Å². The van der Waals surface area contributed by atoms with E-state index in [1.54, 1.807) is 0 Å². The molecule has 2 nitrogen and oxygen atoms in total. The van der Waals surface area contributed by atoms with Gasteiger partial charge in [0.2, 0.25) is 0 Å². The van der Waals surface area contributed by atoms with E-state index in [-0.39, 0.29) is 0 Å². The third-order valence-corrected chi connectivity index (χ3v) is 8.64. The fourth-order valence-corrected chi connectivity index (χ4v) is 6.90. The van der Waals surface area contributed by atoms with Crippen LogP contribution in [-0.4, -0.2) is 39.1 Å². The predicted molar refractivity (Wildman–Crippen MR) is 152 cm³/mol. The minimum atomic E-state index is 0.468. The Morgan fingerprint density at radius 1 is 0.771 bits per heavy atom. The lowest BCUT2D eigenvalue weighted by molar-refractivity contribution is 0.416. The first-order valence-corrected chi connectivity index (χ1v) is 13.4. The lowest BCUT2D eigenvalue weighted by atomic mass is 9.85. The van der Waals surface area contributed by atoms with E-state index >= 15 is 0 Å². The molecule has 176 valence electrons. The van der Waals surface area contributed by atoms with Crippen LogP contribution in [0.25, 0.3) is 21.9 Å². The van der Waals surface area contributed by atoms with Gasteiger partial charge in [0.05, 0.1) is 0 Å². The summed E-state index contributed by atoms with van der Waals surface area (Å²) in [5.41, 5.74) is 9.99. The summed E-state index contributed by atoms with van der Waals surface area (Å²) in [6.45, 7) is 4.47. The smallest absolute Gasteiger partial charge is 0.0446 e. The average Bonchev–Trinajstić information content (AvgIpc) is 3.20. The van der Waals surface area contributed by atoms with Gasteiger partial charge in [-0.25, -0.2) is 0 Å². The normalized spacial score (nSPS) is 16.4. The van der Waals surface area contributed by atoms with E-state index in [2.05, 4.69) is 117 Å². The molecule has 0 fully saturated rings. The second kappa shape index (κ2) is 8.89. The molecule has 0 radical (unpaired) electrons. The molecule has 6 rings (SSSR count). The summed E-state index contributed by atoms with van der Waals surface area (Å²) in [6.07, 6.45) is 1.09. The Morgan fingerprint density at radius 2 is 1.37 bits per heavy atom. The highest BCUT2D eigenvalue weighted by atomic mass is 32.2. The fraction of sp³-hybridized carbons (Fsp3) is 0.250. The number of rotatable bonds is 4. The fourth-order valence-electron chi connectivity index (χ4n) is 5.81. The molecule has 35 heavy (non-hydrogen) atoms. The number of likely N-dealkylation sites (N-methyl/N-ethyl adjacent to an activating group) is 2. The third kappa shape index (κ3) is 3.78. The van der Waals surface area contributed by atoms with Crippen molar-refractivity contribution < 1.29 is 0 Å². The molecule has 0 saturated carbocycles. The molecule has 0 saturated heterocycles. The molecule has 1 unspecified atom stereocenters. The van der Waals surface area contributed by atoms with Gasteiger partial charge in [0.25, 0.3) is 0 Å². The van der Waals surface area contributed by atoms with Crippen molar-refractivity contribution in [1.82, 2.24) is 4.90 Å². The van der Waals surface area contributed by atoms with Crippen LogP contribution in [0.2, 0.25) is 0 Å². The minimum absolute atomic E-state index is 0.468. The SMILES string of the molecule is CC1Cc2cc(N(C)CCN(C)C)c3ccccc3c2C1=C1c2ccccc2Sc2ccccc21. The first-order chi connectivity index (χ1) is 17.0. The van der Waals surface area contributed by atoms with Gasteiger partial charge < -0.3 is 9.80 Å². The van der Waals surface area contributed by atoms with Gasteiger partial charge in [-0.05, 0) is 83.4 Å². The largest absolute Gasteiger partial charge is 0.373 e. The summed E-state index contributed by atoms with van der Waals surface area (Å²) < 4.78 is 0. The molecule has 3 heteroatoms. The number of nitrogens with zero attached hydrogens (tertiary/aromatic N) is 2. The number of fused-ring (bicyclic) bond motifs is 5. The zero-order chi connectivity index (χ0) is 24.1. The first-order valence-electron chi connectivity index (χ1n) is 12.5. The van der Waals surface area contributed by atoms with Crippen molar-refractivity contribution in [3.8, 4) is 0 Å². The van der Waals surface area contributed by atoms with Gasteiger partial charge in [0.1, 0.15) is 0 Å². The number of hydrogen-bond donors (Lipinski definition) is 0. The van der Waals surface area contributed by atoms with Gasteiger partial charge in [-0.1, -0.05) is 79.3 Å². The van der Waals surface area contributed by atoms with Crippen molar-refractivity contribution in [3.05, 3.63) is 101 Å². The summed E-state index contributed by atoms with van der Waals surface area (Å²) >= 11 is 1.90. The Labute approximate surface area is 213 Å². The van der Waals surface area contributed by atoms with E-state index in [9.17, 15) is 0 Å². The minimum Gasteiger partial charge on any atom is -0.373 e. The van der Waals surface area contributed by atoms with Crippen LogP contribution in [0.1, 0.15) is 29.2 Å². The molecule has 1 aliphatic heterocycles. The van der Waals surface area contributed by atoms with Crippen molar-refractivity contribution >= 4 is 39.4 Å². The molecule has 0 aromatic heterocycles. The van der Waals surface area contributed by atoms with E-state index in [0.717, 1.165) is 19.5 Å². The van der Waals surface area contributed by atoms with Crippen LogP contribution < -0.4 is 4.90 Å². The van der Waals surface area contributed by atoms with Crippen molar-refractivity contribution in [2.24, 2.45) is 5.92 Å². The Kier molecular flexibility index (Phi) is 5.70. The zero-order valence-corrected chi connectivity index (χ0v) is 21.8. The molecule has 0 amide bonds. The second-order valence-electron chi connectivity index (χ2n) is 10.2. The zero-order valence-electron chi connectivity index (χ0n) is 21.0. The Morgan fingerprint density at radius 3 is 2.03 bits per heavy atom. The number of hydrogen-bond acceptors (Lipinski definition) is 3. The van der Waals surface area contributed by atoms with Crippen molar-refractivity contribution in [2.75, 3.05) is 39.1 Å². The Hall–Kier alpha value is -3.01. The summed E-state index contributed by atoms with van der Waals surface area (Å²) in [5.74, 6) is 0.468. The standard InChI is InChI=1S/C32H32N2S/c1-21-19-22-20-27(34(4)18-17-33(2)3)23-11-5-6-12-24(23)31(22)30(21)32-25-13-7-9-15-28(25)35-29-16-10-8-14-26(29)32/h5-16,20-21H,17-19H2,1-4H3. The maximum Gasteiger partial charge on any atom is 0.0446 e. The molecule has 0 bridgehead atoms. The summed E-state index contributed by atoms with van der Waals surface area (Å²) in [6, 6.07) is 29.4. The number of anilines is 1. The average molecular weight is 477 g/mol. The van der Waals surface area contributed by atoms with Crippen molar-refractivity contribution in [3.63, 3.8) is 0 Å². The van der Waals surface area contributed by atoms with Crippen LogP contribution in [-0.2, 0) is 6.42 Å². The van der Waals surface area contributed by atoms with Gasteiger partial charge in [0, 0.05) is 41.0 Å². The molecule has 1 heterocycles. The number of benzene rings is 4. The Balaban J connectivity index is 1.63. The predicted octanol–water partition coefficient (Wildman–Crippen LogP) is 7.45. The molecule has 4 aromatic rings. The molecule has 1 aliphatic carbocycles. The lowest BCUT2D eigenvalue weighted by Gasteiger charge is -2.27. The van der Waals surface area contributed by atoms with E-state index in [4.69, 9.17) is 0 Å². The molecule has 4 aromatic carbocycles. The second-order valence-corrected chi connectivity index (χ2v) is 11.3. The van der Waals surface area contributed by atoms with E-state index in [1.165, 1.54) is 59.7 Å². The van der Waals surface area contributed by atoms with E-state index in [0.29, 0.717) is 5.92 Å². The van der Waals surface area contributed by atoms with Gasteiger partial charge in [-0.3, -0.25) is 0 Å². The van der Waals surface area contributed by atoms with Crippen molar-refractivity contribution in [2.45, 2.75) is 23.1 Å². The molecular weight excluding hydrogens is 444 g/mol. The van der Waals surface area contributed by atoms with Gasteiger partial charge >= 0.3 is 0 Å².